The van der Waals surface area contributed by atoms with E-state index in [0.29, 0.717) is 24.5 Å². The summed E-state index contributed by atoms with van der Waals surface area (Å²) in [6, 6.07) is 2.07. The zero-order valence-electron chi connectivity index (χ0n) is 26.2. The minimum Gasteiger partial charge on any atom is -0.366 e. The van der Waals surface area contributed by atoms with Crippen molar-refractivity contribution >= 4 is 17.6 Å². The minimum atomic E-state index is 0.193. The Morgan fingerprint density at radius 1 is 1.05 bits per heavy atom. The molecule has 0 amide bonds. The number of allylic oxidation sites excluding steroid dienone is 6. The van der Waals surface area contributed by atoms with Gasteiger partial charge in [0.25, 0.3) is 0 Å². The summed E-state index contributed by atoms with van der Waals surface area (Å²) in [5, 5.41) is 6.59. The number of fused-ring (bicyclic) bond motifs is 5. The van der Waals surface area contributed by atoms with Crippen molar-refractivity contribution in [2.24, 2.45) is 34.5 Å². The number of rotatable bonds is 10. The Kier molecular flexibility index (Phi) is 8.37. The van der Waals surface area contributed by atoms with Gasteiger partial charge in [-0.1, -0.05) is 61.4 Å². The Bertz CT molecular complexity index is 1230. The Balaban J connectivity index is 1.08. The standard InChI is InChI=1S/C36H52N6/c1-6-17-37-32-25-33(40-34(39-32)38-18-7-2)42-22-20-41(21-23-42)19-14-29-26(3)24-31-28-12-11-27-10-8-9-15-35(27,4)30(28)13-16-36(29,31)5/h6-7,9-10,13,15,25-26,28-29,31H,1-2,8,11-12,14,16-24H2,3-5H3,(H2,37,38,39,40)/t26?,28-,29+,31+,35+,36-/m1/s1. The molecule has 2 saturated carbocycles. The normalized spacial score (nSPS) is 34.0. The number of anilines is 3. The van der Waals surface area contributed by atoms with Gasteiger partial charge in [0.1, 0.15) is 11.6 Å². The lowest BCUT2D eigenvalue weighted by Gasteiger charge is -2.52. The molecule has 1 unspecified atom stereocenters. The molecule has 1 aliphatic heterocycles. The average molecular weight is 569 g/mol. The van der Waals surface area contributed by atoms with Crippen LogP contribution in [-0.4, -0.2) is 60.7 Å². The van der Waals surface area contributed by atoms with Gasteiger partial charge in [0.15, 0.2) is 0 Å². The SMILES string of the molecule is C=CCNc1cc(N2CCN(CC[C@H]3C(C)C[C@H]4[C@@H]5CCC6=CCC=C[C@]6(C)C5=CC[C@]34C)CC2)nc(NCC=C)n1. The summed E-state index contributed by atoms with van der Waals surface area (Å²) in [6.45, 7) is 22.1. The van der Waals surface area contributed by atoms with Crippen molar-refractivity contribution in [1.29, 1.82) is 0 Å². The molecule has 226 valence electrons. The van der Waals surface area contributed by atoms with E-state index in [4.69, 9.17) is 4.98 Å². The Hall–Kier alpha value is -2.86. The molecule has 0 bridgehead atoms. The fraction of sp³-hybridized carbons (Fsp3) is 0.611. The van der Waals surface area contributed by atoms with Gasteiger partial charge in [0, 0.05) is 50.7 Å². The molecular weight excluding hydrogens is 516 g/mol. The molecule has 6 heteroatoms. The second-order valence-electron chi connectivity index (χ2n) is 13.9. The van der Waals surface area contributed by atoms with Crippen molar-refractivity contribution in [1.82, 2.24) is 14.9 Å². The van der Waals surface area contributed by atoms with Gasteiger partial charge in [-0.2, -0.15) is 9.97 Å². The lowest BCUT2D eigenvalue weighted by atomic mass is 9.52. The van der Waals surface area contributed by atoms with Crippen molar-refractivity contribution < 1.29 is 0 Å². The monoisotopic (exact) mass is 568 g/mol. The van der Waals surface area contributed by atoms with Crippen LogP contribution in [-0.2, 0) is 0 Å². The smallest absolute Gasteiger partial charge is 0.226 e. The molecule has 5 aliphatic rings. The van der Waals surface area contributed by atoms with Crippen molar-refractivity contribution in [2.45, 2.75) is 59.3 Å². The highest BCUT2D eigenvalue weighted by Gasteiger charge is 2.57. The summed E-state index contributed by atoms with van der Waals surface area (Å²) in [4.78, 5) is 14.5. The molecule has 0 aromatic carbocycles. The predicted octanol–water partition coefficient (Wildman–Crippen LogP) is 7.10. The molecule has 6 nitrogen and oxygen atoms in total. The first kappa shape index (κ1) is 29.2. The van der Waals surface area contributed by atoms with Gasteiger partial charge >= 0.3 is 0 Å². The van der Waals surface area contributed by atoms with Crippen LogP contribution in [0.2, 0.25) is 0 Å². The van der Waals surface area contributed by atoms with Gasteiger partial charge < -0.3 is 15.5 Å². The molecule has 1 aromatic heterocycles. The number of hydrogen-bond acceptors (Lipinski definition) is 6. The third-order valence-electron chi connectivity index (χ3n) is 11.6. The number of hydrogen-bond donors (Lipinski definition) is 2. The molecule has 6 rings (SSSR count). The van der Waals surface area contributed by atoms with Gasteiger partial charge in [0.2, 0.25) is 5.95 Å². The first-order chi connectivity index (χ1) is 20.4. The summed E-state index contributed by atoms with van der Waals surface area (Å²) in [7, 11) is 0. The van der Waals surface area contributed by atoms with Crippen molar-refractivity contribution in [3.63, 3.8) is 0 Å². The van der Waals surface area contributed by atoms with Gasteiger partial charge in [-0.3, -0.25) is 4.90 Å². The quantitative estimate of drug-likeness (QED) is 0.294. The van der Waals surface area contributed by atoms with Crippen LogP contribution in [0.1, 0.15) is 59.3 Å². The van der Waals surface area contributed by atoms with Crippen LogP contribution in [0.4, 0.5) is 17.6 Å². The molecule has 0 spiro atoms. The Labute approximate surface area is 254 Å². The van der Waals surface area contributed by atoms with Crippen LogP contribution in [0.5, 0.6) is 0 Å². The van der Waals surface area contributed by atoms with Crippen LogP contribution in [0, 0.1) is 34.5 Å². The van der Waals surface area contributed by atoms with E-state index in [1.807, 2.05) is 12.2 Å². The summed E-state index contributed by atoms with van der Waals surface area (Å²) in [5.41, 5.74) is 4.08. The Morgan fingerprint density at radius 2 is 1.83 bits per heavy atom. The average Bonchev–Trinajstić information content (AvgIpc) is 3.26. The van der Waals surface area contributed by atoms with E-state index in [9.17, 15) is 0 Å². The molecule has 1 saturated heterocycles. The van der Waals surface area contributed by atoms with Crippen molar-refractivity contribution in [3.05, 3.63) is 66.8 Å². The molecule has 42 heavy (non-hydrogen) atoms. The van der Waals surface area contributed by atoms with E-state index in [0.717, 1.165) is 67.9 Å². The number of aromatic nitrogens is 2. The van der Waals surface area contributed by atoms with Crippen LogP contribution in [0.15, 0.2) is 66.8 Å². The second-order valence-corrected chi connectivity index (χ2v) is 13.9. The van der Waals surface area contributed by atoms with Gasteiger partial charge in [-0.25, -0.2) is 0 Å². The maximum atomic E-state index is 4.82. The van der Waals surface area contributed by atoms with Crippen LogP contribution >= 0.6 is 0 Å². The van der Waals surface area contributed by atoms with E-state index in [-0.39, 0.29) is 5.41 Å². The molecular formula is C36H52N6. The fourth-order valence-electron chi connectivity index (χ4n) is 9.37. The van der Waals surface area contributed by atoms with Gasteiger partial charge in [-0.15, -0.1) is 13.2 Å². The summed E-state index contributed by atoms with van der Waals surface area (Å²) < 4.78 is 0. The number of nitrogens with one attached hydrogen (secondary N) is 2. The lowest BCUT2D eigenvalue weighted by molar-refractivity contribution is 0.0753. The summed E-state index contributed by atoms with van der Waals surface area (Å²) >= 11 is 0. The van der Waals surface area contributed by atoms with Crippen molar-refractivity contribution in [2.75, 3.05) is 61.3 Å². The van der Waals surface area contributed by atoms with Crippen LogP contribution in [0.3, 0.4) is 0 Å². The molecule has 4 aliphatic carbocycles. The molecule has 2 N–H and O–H groups in total. The van der Waals surface area contributed by atoms with Crippen molar-refractivity contribution in [3.8, 4) is 0 Å². The highest BCUT2D eigenvalue weighted by molar-refractivity contribution is 5.54. The first-order valence-corrected chi connectivity index (χ1v) is 16.5. The number of piperazine rings is 1. The van der Waals surface area contributed by atoms with E-state index < -0.39 is 0 Å². The highest BCUT2D eigenvalue weighted by Crippen LogP contribution is 2.65. The maximum absolute atomic E-state index is 4.82. The second kappa shape index (κ2) is 12.0. The number of nitrogens with zero attached hydrogens (tertiary/aromatic N) is 4. The third-order valence-corrected chi connectivity index (χ3v) is 11.6. The predicted molar refractivity (Wildman–Crippen MR) is 177 cm³/mol. The lowest BCUT2D eigenvalue weighted by Crippen LogP contribution is -2.48. The maximum Gasteiger partial charge on any atom is 0.226 e. The molecule has 2 heterocycles. The minimum absolute atomic E-state index is 0.193. The zero-order chi connectivity index (χ0) is 29.3. The van der Waals surface area contributed by atoms with Crippen LogP contribution < -0.4 is 15.5 Å². The zero-order valence-corrected chi connectivity index (χ0v) is 26.2. The van der Waals surface area contributed by atoms with Gasteiger partial charge in [0.05, 0.1) is 0 Å². The highest BCUT2D eigenvalue weighted by atomic mass is 15.3. The van der Waals surface area contributed by atoms with E-state index in [2.05, 4.69) is 89.7 Å². The van der Waals surface area contributed by atoms with Crippen LogP contribution in [0.25, 0.3) is 0 Å². The largest absolute Gasteiger partial charge is 0.366 e. The molecule has 1 aromatic rings. The third kappa shape index (κ3) is 5.36. The van der Waals surface area contributed by atoms with E-state index >= 15 is 0 Å². The molecule has 3 fully saturated rings. The topological polar surface area (TPSA) is 56.3 Å². The Morgan fingerprint density at radius 3 is 2.62 bits per heavy atom. The fourth-order valence-corrected chi connectivity index (χ4v) is 9.37. The summed E-state index contributed by atoms with van der Waals surface area (Å²) in [5.74, 6) is 5.69. The van der Waals surface area contributed by atoms with E-state index in [1.165, 1.54) is 38.6 Å². The molecule has 0 radical (unpaired) electrons. The summed E-state index contributed by atoms with van der Waals surface area (Å²) in [6.07, 6.45) is 21.6. The van der Waals surface area contributed by atoms with E-state index in [1.54, 1.807) is 11.1 Å². The van der Waals surface area contributed by atoms with Gasteiger partial charge in [-0.05, 0) is 81.1 Å². The molecule has 6 atom stereocenters. The first-order valence-electron chi connectivity index (χ1n) is 16.5.